The molecule has 2 aromatic carbocycles. The van der Waals surface area contributed by atoms with Gasteiger partial charge in [-0.1, -0.05) is 42.8 Å². The van der Waals surface area contributed by atoms with E-state index >= 15 is 0 Å². The Balaban J connectivity index is 1.88. The van der Waals surface area contributed by atoms with E-state index in [0.29, 0.717) is 11.4 Å². The Hall–Kier alpha value is -2.64. The van der Waals surface area contributed by atoms with Gasteiger partial charge in [0.05, 0.1) is 5.69 Å². The average Bonchev–Trinajstić information content (AvgIpc) is 3.23. The monoisotopic (exact) mass is 414 g/mol. The maximum Gasteiger partial charge on any atom is 0.274 e. The van der Waals surface area contributed by atoms with Crippen LogP contribution in [-0.2, 0) is 21.2 Å². The molecule has 7 heteroatoms. The zero-order valence-electron chi connectivity index (χ0n) is 15.8. The van der Waals surface area contributed by atoms with Crippen molar-refractivity contribution in [1.82, 2.24) is 0 Å². The molecule has 28 heavy (non-hydrogen) atoms. The Morgan fingerprint density at radius 2 is 1.82 bits per heavy atom. The molecule has 1 N–H and O–H groups in total. The molecule has 1 heterocycles. The van der Waals surface area contributed by atoms with Crippen LogP contribution in [0.2, 0.25) is 0 Å². The first kappa shape index (κ1) is 20.1. The smallest absolute Gasteiger partial charge is 0.274 e. The van der Waals surface area contributed by atoms with Gasteiger partial charge in [0.1, 0.15) is 10.8 Å². The summed E-state index contributed by atoms with van der Waals surface area (Å²) in [6, 6.07) is 17.8. The lowest BCUT2D eigenvalue weighted by Crippen LogP contribution is -2.37. The molecule has 0 spiro atoms. The lowest BCUT2D eigenvalue weighted by atomic mass is 10.1. The summed E-state index contributed by atoms with van der Waals surface area (Å²) in [6.07, 6.45) is 0.853. The molecule has 146 valence electrons. The first-order valence-corrected chi connectivity index (χ1v) is 11.2. The van der Waals surface area contributed by atoms with E-state index in [1.165, 1.54) is 0 Å². The lowest BCUT2D eigenvalue weighted by molar-refractivity contribution is -0.114. The number of thiophene rings is 1. The first-order chi connectivity index (χ1) is 13.4. The van der Waals surface area contributed by atoms with Crippen molar-refractivity contribution in [3.63, 3.8) is 0 Å². The van der Waals surface area contributed by atoms with Crippen LogP contribution >= 0.6 is 11.3 Å². The van der Waals surface area contributed by atoms with Crippen molar-refractivity contribution in [2.75, 3.05) is 16.2 Å². The lowest BCUT2D eigenvalue weighted by Gasteiger charge is -2.23. The maximum absolute atomic E-state index is 13.1. The standard InChI is InChI=1S/C21H22N2O3S2/c1-3-17-6-4-7-18(14-17)22-20(24)15-23(19-11-9-16(2)10-12-19)28(25,26)21-8-5-13-27-21/h4-14H,3,15H2,1-2H3,(H,22,24). The molecule has 5 nitrogen and oxygen atoms in total. The number of aryl methyl sites for hydroxylation is 2. The molecule has 0 fully saturated rings. The molecule has 0 unspecified atom stereocenters. The fourth-order valence-electron chi connectivity index (χ4n) is 2.74. The minimum atomic E-state index is -3.83. The van der Waals surface area contributed by atoms with Crippen LogP contribution in [0.15, 0.2) is 70.3 Å². The highest BCUT2D eigenvalue weighted by Crippen LogP contribution is 2.27. The number of nitrogens with one attached hydrogen (secondary N) is 1. The predicted octanol–water partition coefficient (Wildman–Crippen LogP) is 4.45. The summed E-state index contributed by atoms with van der Waals surface area (Å²) in [4.78, 5) is 12.7. The number of hydrogen-bond acceptors (Lipinski definition) is 4. The number of rotatable bonds is 7. The fraction of sp³-hybridized carbons (Fsp3) is 0.190. The van der Waals surface area contributed by atoms with Gasteiger partial charge in [0.2, 0.25) is 5.91 Å². The van der Waals surface area contributed by atoms with Crippen molar-refractivity contribution in [2.24, 2.45) is 0 Å². The van der Waals surface area contributed by atoms with E-state index in [-0.39, 0.29) is 10.8 Å². The molecule has 0 aliphatic carbocycles. The Bertz CT molecular complexity index is 1040. The largest absolute Gasteiger partial charge is 0.325 e. The average molecular weight is 415 g/mol. The maximum atomic E-state index is 13.1. The quantitative estimate of drug-likeness (QED) is 0.621. The van der Waals surface area contributed by atoms with E-state index in [1.807, 2.05) is 44.2 Å². The van der Waals surface area contributed by atoms with Gasteiger partial charge in [-0.15, -0.1) is 11.3 Å². The van der Waals surface area contributed by atoms with Crippen molar-refractivity contribution in [1.29, 1.82) is 0 Å². The van der Waals surface area contributed by atoms with Crippen LogP contribution in [-0.4, -0.2) is 20.9 Å². The molecule has 0 aliphatic heterocycles. The Morgan fingerprint density at radius 1 is 1.07 bits per heavy atom. The van der Waals surface area contributed by atoms with Gasteiger partial charge in [-0.3, -0.25) is 9.10 Å². The van der Waals surface area contributed by atoms with Gasteiger partial charge in [-0.05, 0) is 54.6 Å². The number of hydrogen-bond donors (Lipinski definition) is 1. The van der Waals surface area contributed by atoms with Gasteiger partial charge in [-0.25, -0.2) is 8.42 Å². The summed E-state index contributed by atoms with van der Waals surface area (Å²) < 4.78 is 27.6. The van der Waals surface area contributed by atoms with Crippen molar-refractivity contribution < 1.29 is 13.2 Å². The second-order valence-electron chi connectivity index (χ2n) is 6.38. The van der Waals surface area contributed by atoms with E-state index in [0.717, 1.165) is 33.2 Å². The van der Waals surface area contributed by atoms with E-state index in [4.69, 9.17) is 0 Å². The van der Waals surface area contributed by atoms with Crippen molar-refractivity contribution in [3.8, 4) is 0 Å². The zero-order chi connectivity index (χ0) is 20.1. The Morgan fingerprint density at radius 3 is 2.46 bits per heavy atom. The number of benzene rings is 2. The molecular formula is C21H22N2O3S2. The Kier molecular flexibility index (Phi) is 6.16. The van der Waals surface area contributed by atoms with Crippen LogP contribution in [0.4, 0.5) is 11.4 Å². The summed E-state index contributed by atoms with van der Waals surface area (Å²) in [5, 5.41) is 4.51. The van der Waals surface area contributed by atoms with Gasteiger partial charge in [0.15, 0.2) is 0 Å². The molecule has 0 bridgehead atoms. The molecule has 0 atom stereocenters. The second kappa shape index (κ2) is 8.58. The number of sulfonamides is 1. The molecule has 0 radical (unpaired) electrons. The summed E-state index contributed by atoms with van der Waals surface area (Å²) >= 11 is 1.13. The van der Waals surface area contributed by atoms with Crippen LogP contribution in [0.3, 0.4) is 0 Å². The predicted molar refractivity (Wildman–Crippen MR) is 114 cm³/mol. The first-order valence-electron chi connectivity index (χ1n) is 8.92. The minimum Gasteiger partial charge on any atom is -0.325 e. The van der Waals surface area contributed by atoms with Gasteiger partial charge >= 0.3 is 0 Å². The van der Waals surface area contributed by atoms with E-state index in [9.17, 15) is 13.2 Å². The number of nitrogens with zero attached hydrogens (tertiary/aromatic N) is 1. The van der Waals surface area contributed by atoms with Crippen LogP contribution < -0.4 is 9.62 Å². The molecule has 0 aliphatic rings. The van der Waals surface area contributed by atoms with Crippen molar-refractivity contribution >= 4 is 38.6 Å². The zero-order valence-corrected chi connectivity index (χ0v) is 17.4. The van der Waals surface area contributed by atoms with Gasteiger partial charge in [0.25, 0.3) is 10.0 Å². The third kappa shape index (κ3) is 4.61. The SMILES string of the molecule is CCc1cccc(NC(=O)CN(c2ccc(C)cc2)S(=O)(=O)c2cccs2)c1. The number of carbonyl (C=O) groups excluding carboxylic acids is 1. The molecular weight excluding hydrogens is 392 g/mol. The van der Waals surface area contributed by atoms with E-state index in [2.05, 4.69) is 5.32 Å². The molecule has 3 rings (SSSR count). The Labute approximate surface area is 169 Å². The topological polar surface area (TPSA) is 66.5 Å². The summed E-state index contributed by atoms with van der Waals surface area (Å²) in [6.45, 7) is 3.66. The van der Waals surface area contributed by atoms with Gasteiger partial charge < -0.3 is 5.32 Å². The molecule has 1 aromatic heterocycles. The van der Waals surface area contributed by atoms with E-state index in [1.54, 1.807) is 35.7 Å². The third-order valence-corrected chi connectivity index (χ3v) is 7.41. The molecule has 0 saturated carbocycles. The second-order valence-corrected chi connectivity index (χ2v) is 9.42. The van der Waals surface area contributed by atoms with Crippen molar-refractivity contribution in [2.45, 2.75) is 24.5 Å². The minimum absolute atomic E-state index is 0.203. The number of carbonyl (C=O) groups is 1. The third-order valence-electron chi connectivity index (χ3n) is 4.27. The number of anilines is 2. The van der Waals surface area contributed by atoms with E-state index < -0.39 is 15.9 Å². The van der Waals surface area contributed by atoms with Gasteiger partial charge in [-0.2, -0.15) is 0 Å². The van der Waals surface area contributed by atoms with Gasteiger partial charge in [0, 0.05) is 5.69 Å². The summed E-state index contributed by atoms with van der Waals surface area (Å²) in [5.74, 6) is -0.394. The summed E-state index contributed by atoms with van der Waals surface area (Å²) in [5.41, 5.74) is 3.22. The van der Waals surface area contributed by atoms with Crippen LogP contribution in [0.1, 0.15) is 18.1 Å². The van der Waals surface area contributed by atoms with Crippen LogP contribution in [0.25, 0.3) is 0 Å². The van der Waals surface area contributed by atoms with Crippen LogP contribution in [0.5, 0.6) is 0 Å². The summed E-state index contributed by atoms with van der Waals surface area (Å²) in [7, 11) is -3.83. The highest BCUT2D eigenvalue weighted by Gasteiger charge is 2.28. The highest BCUT2D eigenvalue weighted by atomic mass is 32.2. The normalized spacial score (nSPS) is 11.2. The van der Waals surface area contributed by atoms with Crippen molar-refractivity contribution in [3.05, 3.63) is 77.2 Å². The molecule has 0 saturated heterocycles. The molecule has 3 aromatic rings. The molecule has 1 amide bonds. The number of amides is 1. The highest BCUT2D eigenvalue weighted by molar-refractivity contribution is 7.94. The fourth-order valence-corrected chi connectivity index (χ4v) is 5.27. The van der Waals surface area contributed by atoms with Crippen LogP contribution in [0, 0.1) is 6.92 Å².